The van der Waals surface area contributed by atoms with E-state index in [4.69, 9.17) is 0 Å². The van der Waals surface area contributed by atoms with Gasteiger partial charge in [0.1, 0.15) is 4.47 Å². The molecule has 1 atom stereocenters. The Bertz CT molecular complexity index is 512. The van der Waals surface area contributed by atoms with Crippen LogP contribution in [-0.2, 0) is 0 Å². The van der Waals surface area contributed by atoms with Crippen LogP contribution in [0.3, 0.4) is 0 Å². The summed E-state index contributed by atoms with van der Waals surface area (Å²) in [7, 11) is 3.80. The van der Waals surface area contributed by atoms with E-state index >= 15 is 0 Å². The lowest BCUT2D eigenvalue weighted by molar-refractivity contribution is 0.0459. The summed E-state index contributed by atoms with van der Waals surface area (Å²) in [5.41, 5.74) is -0.487. The number of hydrogen-bond acceptors (Lipinski definition) is 5. The third-order valence-electron chi connectivity index (χ3n) is 2.75. The highest BCUT2D eigenvalue weighted by atomic mass is 79.9. The summed E-state index contributed by atoms with van der Waals surface area (Å²) < 4.78 is 1.84. The first-order valence-corrected chi connectivity index (χ1v) is 7.31. The molecule has 0 saturated carbocycles. The van der Waals surface area contributed by atoms with Crippen LogP contribution in [0.5, 0.6) is 0 Å². The number of aliphatic hydroxyl groups is 1. The molecule has 0 aliphatic heterocycles. The molecule has 0 aliphatic rings. The molecule has 1 aromatic rings. The number of hydrogen-bond donors (Lipinski definition) is 2. The van der Waals surface area contributed by atoms with E-state index in [2.05, 4.69) is 26.3 Å². The summed E-state index contributed by atoms with van der Waals surface area (Å²) in [6.07, 6.45) is 1.59. The minimum atomic E-state index is -0.893. The Hall–Kier alpha value is -0.920. The van der Waals surface area contributed by atoms with E-state index in [9.17, 15) is 9.90 Å². The highest BCUT2D eigenvalue weighted by Crippen LogP contribution is 2.18. The lowest BCUT2D eigenvalue weighted by Crippen LogP contribution is -2.43. The molecule has 1 aromatic heterocycles. The molecular formula is C13H23BrN4O2. The zero-order valence-electron chi connectivity index (χ0n) is 12.6. The van der Waals surface area contributed by atoms with Crippen molar-refractivity contribution in [2.24, 2.45) is 0 Å². The van der Waals surface area contributed by atoms with Gasteiger partial charge in [-0.25, -0.2) is 4.68 Å². The molecule has 1 heterocycles. The molecule has 0 aliphatic carbocycles. The summed E-state index contributed by atoms with van der Waals surface area (Å²) in [5, 5.41) is 17.4. The van der Waals surface area contributed by atoms with Gasteiger partial charge in [0.25, 0.3) is 5.56 Å². The van der Waals surface area contributed by atoms with Crippen LogP contribution in [0.2, 0.25) is 0 Å². The predicted octanol–water partition coefficient (Wildman–Crippen LogP) is 1.31. The largest absolute Gasteiger partial charge is 0.387 e. The molecule has 0 saturated heterocycles. The average Bonchev–Trinajstić information content (AvgIpc) is 2.29. The van der Waals surface area contributed by atoms with Gasteiger partial charge >= 0.3 is 0 Å². The van der Waals surface area contributed by atoms with Gasteiger partial charge in [-0.15, -0.1) is 0 Å². The summed E-state index contributed by atoms with van der Waals surface area (Å²) >= 11 is 3.29. The molecule has 0 amide bonds. The van der Waals surface area contributed by atoms with Crippen molar-refractivity contribution in [1.29, 1.82) is 0 Å². The zero-order valence-corrected chi connectivity index (χ0v) is 14.2. The van der Waals surface area contributed by atoms with E-state index in [-0.39, 0.29) is 11.6 Å². The van der Waals surface area contributed by atoms with Crippen LogP contribution in [0.4, 0.5) is 5.69 Å². The summed E-state index contributed by atoms with van der Waals surface area (Å²) in [6, 6.07) is 0.00435. The first kappa shape index (κ1) is 17.1. The molecule has 0 aromatic carbocycles. The van der Waals surface area contributed by atoms with Crippen LogP contribution in [0.25, 0.3) is 0 Å². The number of likely N-dealkylation sites (N-methyl/N-ethyl adjacent to an activating group) is 1. The van der Waals surface area contributed by atoms with Gasteiger partial charge < -0.3 is 15.3 Å². The SMILES string of the molecule is CC(C)n1ncc(NCC(C)(O)CN(C)C)c(Br)c1=O. The van der Waals surface area contributed by atoms with Crippen molar-refractivity contribution in [2.45, 2.75) is 32.4 Å². The fourth-order valence-electron chi connectivity index (χ4n) is 1.96. The Morgan fingerprint density at radius 3 is 2.65 bits per heavy atom. The van der Waals surface area contributed by atoms with Crippen LogP contribution in [0.15, 0.2) is 15.5 Å². The van der Waals surface area contributed by atoms with Crippen LogP contribution in [0, 0.1) is 0 Å². The molecule has 7 heteroatoms. The molecule has 20 heavy (non-hydrogen) atoms. The number of anilines is 1. The van der Waals surface area contributed by atoms with Crippen molar-refractivity contribution >= 4 is 21.6 Å². The molecular weight excluding hydrogens is 324 g/mol. The number of nitrogens with zero attached hydrogens (tertiary/aromatic N) is 3. The second-order valence-electron chi connectivity index (χ2n) is 5.80. The smallest absolute Gasteiger partial charge is 0.283 e. The highest BCUT2D eigenvalue weighted by Gasteiger charge is 2.22. The first-order chi connectivity index (χ1) is 9.14. The summed E-state index contributed by atoms with van der Waals surface area (Å²) in [4.78, 5) is 14.0. The summed E-state index contributed by atoms with van der Waals surface area (Å²) in [5.74, 6) is 0. The Morgan fingerprint density at radius 2 is 2.15 bits per heavy atom. The first-order valence-electron chi connectivity index (χ1n) is 6.52. The third kappa shape index (κ3) is 4.57. The van der Waals surface area contributed by atoms with Crippen LogP contribution < -0.4 is 10.9 Å². The van der Waals surface area contributed by atoms with Crippen molar-refractivity contribution in [3.05, 3.63) is 21.0 Å². The van der Waals surface area contributed by atoms with Gasteiger partial charge in [0.15, 0.2) is 0 Å². The second-order valence-corrected chi connectivity index (χ2v) is 6.60. The lowest BCUT2D eigenvalue weighted by Gasteiger charge is -2.27. The fraction of sp³-hybridized carbons (Fsp3) is 0.692. The van der Waals surface area contributed by atoms with E-state index in [1.807, 2.05) is 32.8 Å². The van der Waals surface area contributed by atoms with Gasteiger partial charge in [0.2, 0.25) is 0 Å². The topological polar surface area (TPSA) is 70.4 Å². The Balaban J connectivity index is 2.85. The number of nitrogens with one attached hydrogen (secondary N) is 1. The van der Waals surface area contributed by atoms with Gasteiger partial charge in [0, 0.05) is 13.1 Å². The van der Waals surface area contributed by atoms with E-state index in [0.717, 1.165) is 0 Å². The predicted molar refractivity (Wildman–Crippen MR) is 84.2 cm³/mol. The van der Waals surface area contributed by atoms with Crippen molar-refractivity contribution in [1.82, 2.24) is 14.7 Å². The van der Waals surface area contributed by atoms with Crippen molar-refractivity contribution in [2.75, 3.05) is 32.5 Å². The molecule has 1 unspecified atom stereocenters. The quantitative estimate of drug-likeness (QED) is 0.812. The maximum atomic E-state index is 12.1. The Morgan fingerprint density at radius 1 is 1.55 bits per heavy atom. The van der Waals surface area contributed by atoms with E-state index in [1.54, 1.807) is 13.1 Å². The zero-order chi connectivity index (χ0) is 15.5. The maximum absolute atomic E-state index is 12.1. The summed E-state index contributed by atoms with van der Waals surface area (Å²) in [6.45, 7) is 6.40. The molecule has 114 valence electrons. The Kier molecular flexibility index (Phi) is 5.73. The fourth-order valence-corrected chi connectivity index (χ4v) is 2.38. The van der Waals surface area contributed by atoms with Crippen LogP contribution in [0.1, 0.15) is 26.8 Å². The maximum Gasteiger partial charge on any atom is 0.283 e. The van der Waals surface area contributed by atoms with E-state index in [0.29, 0.717) is 23.2 Å². The van der Waals surface area contributed by atoms with E-state index in [1.165, 1.54) is 4.68 Å². The van der Waals surface area contributed by atoms with Crippen LogP contribution in [-0.4, -0.2) is 52.6 Å². The van der Waals surface area contributed by atoms with Gasteiger partial charge in [-0.3, -0.25) is 4.79 Å². The molecule has 1 rings (SSSR count). The van der Waals surface area contributed by atoms with Gasteiger partial charge in [0.05, 0.1) is 23.5 Å². The van der Waals surface area contributed by atoms with Gasteiger partial charge in [-0.05, 0) is 50.8 Å². The molecule has 0 fully saturated rings. The van der Waals surface area contributed by atoms with Crippen molar-refractivity contribution in [3.8, 4) is 0 Å². The second kappa shape index (κ2) is 6.69. The van der Waals surface area contributed by atoms with Crippen molar-refractivity contribution < 1.29 is 5.11 Å². The molecule has 0 radical (unpaired) electrons. The minimum absolute atomic E-state index is 0.00435. The molecule has 0 bridgehead atoms. The normalized spacial score (nSPS) is 14.7. The highest BCUT2D eigenvalue weighted by molar-refractivity contribution is 9.10. The lowest BCUT2D eigenvalue weighted by atomic mass is 10.1. The van der Waals surface area contributed by atoms with Gasteiger partial charge in [-0.1, -0.05) is 0 Å². The number of halogens is 1. The molecule has 0 spiro atoms. The number of rotatable bonds is 6. The number of aromatic nitrogens is 2. The van der Waals surface area contributed by atoms with E-state index < -0.39 is 5.60 Å². The molecule has 2 N–H and O–H groups in total. The van der Waals surface area contributed by atoms with Crippen LogP contribution >= 0.6 is 15.9 Å². The van der Waals surface area contributed by atoms with Crippen molar-refractivity contribution in [3.63, 3.8) is 0 Å². The van der Waals surface area contributed by atoms with Gasteiger partial charge in [-0.2, -0.15) is 5.10 Å². The average molecular weight is 347 g/mol. The Labute approximate surface area is 127 Å². The monoisotopic (exact) mass is 346 g/mol. The third-order valence-corrected chi connectivity index (χ3v) is 3.52. The minimum Gasteiger partial charge on any atom is -0.387 e. The standard InChI is InChI=1S/C13H23BrN4O2/c1-9(2)18-12(19)11(14)10(6-16-18)15-7-13(3,20)8-17(4)5/h6,9,15,20H,7-8H2,1-5H3. The molecule has 6 nitrogen and oxygen atoms in total.